The maximum Gasteiger partial charge on any atom is 0.108 e. The van der Waals surface area contributed by atoms with Gasteiger partial charge in [-0.25, -0.2) is 0 Å². The molecular weight excluding hydrogens is 360 g/mol. The van der Waals surface area contributed by atoms with Crippen LogP contribution in [0.4, 0.5) is 22.7 Å². The summed E-state index contributed by atoms with van der Waals surface area (Å²) in [6.45, 7) is 4.57. The number of nitrogen functional groups attached to an aromatic ring is 2. The molecule has 0 amide bonds. The van der Waals surface area contributed by atoms with E-state index in [0.717, 1.165) is 22.7 Å². The number of nitrogens with one attached hydrogen (secondary N) is 1. The Balaban J connectivity index is 0. The van der Waals surface area contributed by atoms with Crippen molar-refractivity contribution in [2.24, 2.45) is 5.73 Å². The summed E-state index contributed by atoms with van der Waals surface area (Å²) in [6, 6.07) is 15.2. The van der Waals surface area contributed by atoms with E-state index in [-0.39, 0.29) is 0 Å². The van der Waals surface area contributed by atoms with Gasteiger partial charge in [-0.2, -0.15) is 0 Å². The SMILES string of the molecule is CC.CCl.C[NH2+]/C=C\N(C)CN.Nc1ccc(Nc2ccc(N)cc2)cc1. The highest BCUT2D eigenvalue weighted by Gasteiger charge is 1.93. The maximum atomic E-state index is 5.60. The summed E-state index contributed by atoms with van der Waals surface area (Å²) in [6.07, 6.45) is 5.35. The highest BCUT2D eigenvalue weighted by atomic mass is 35.5. The third-order valence-electron chi connectivity index (χ3n) is 2.93. The van der Waals surface area contributed by atoms with Crippen LogP contribution < -0.4 is 27.8 Å². The van der Waals surface area contributed by atoms with Gasteiger partial charge in [0, 0.05) is 36.2 Å². The van der Waals surface area contributed by atoms with Crippen LogP contribution in [0.2, 0.25) is 0 Å². The smallest absolute Gasteiger partial charge is 0.108 e. The van der Waals surface area contributed by atoms with Gasteiger partial charge in [-0.05, 0) is 48.5 Å². The second-order valence-electron chi connectivity index (χ2n) is 4.98. The van der Waals surface area contributed by atoms with Crippen LogP contribution in [0, 0.1) is 0 Å². The van der Waals surface area contributed by atoms with Crippen LogP contribution in [0.15, 0.2) is 60.9 Å². The number of halogens is 1. The number of anilines is 4. The van der Waals surface area contributed by atoms with Crippen molar-refractivity contribution in [3.63, 3.8) is 0 Å². The van der Waals surface area contributed by atoms with E-state index in [1.54, 1.807) is 0 Å². The molecule has 0 spiro atoms. The lowest BCUT2D eigenvalue weighted by Gasteiger charge is -2.06. The largest absolute Gasteiger partial charge is 0.399 e. The molecule has 0 atom stereocenters. The second kappa shape index (κ2) is 18.4. The van der Waals surface area contributed by atoms with Gasteiger partial charge in [0.05, 0.1) is 19.9 Å². The first-order valence-electron chi connectivity index (χ1n) is 8.77. The molecule has 0 unspecified atom stereocenters. The standard InChI is InChI=1S/C12H13N3.C5H13N3.C2H6.CH3Cl/c13-9-1-5-11(6-2-9)15-12-7-3-10(14)4-8-12;1-7-3-4-8(2)5-6;2*1-2/h1-8,15H,13-14H2;3-4,7H,5-6H2,1-2H3;1-2H3;1H3/p+1/b;4-3-;;. The summed E-state index contributed by atoms with van der Waals surface area (Å²) >= 11 is 4.64. The molecule has 2 aromatic rings. The number of nitrogens with two attached hydrogens (primary N) is 4. The van der Waals surface area contributed by atoms with Gasteiger partial charge in [0.25, 0.3) is 0 Å². The quantitative estimate of drug-likeness (QED) is 0.303. The first-order valence-corrected chi connectivity index (χ1v) is 9.53. The van der Waals surface area contributed by atoms with Crippen LogP contribution >= 0.6 is 11.6 Å². The minimum absolute atomic E-state index is 0.574. The lowest BCUT2D eigenvalue weighted by molar-refractivity contribution is -0.557. The van der Waals surface area contributed by atoms with E-state index in [1.807, 2.05) is 99.1 Å². The minimum Gasteiger partial charge on any atom is -0.399 e. The van der Waals surface area contributed by atoms with Gasteiger partial charge in [-0.3, -0.25) is 0 Å². The third-order valence-corrected chi connectivity index (χ3v) is 2.93. The van der Waals surface area contributed by atoms with Gasteiger partial charge < -0.3 is 32.7 Å². The van der Waals surface area contributed by atoms with Crippen molar-refractivity contribution in [2.75, 3.05) is 43.9 Å². The molecular formula is C20H36ClN6+. The summed E-state index contributed by atoms with van der Waals surface area (Å²) in [5, 5.41) is 5.21. The van der Waals surface area contributed by atoms with Gasteiger partial charge in [0.15, 0.2) is 0 Å². The van der Waals surface area contributed by atoms with Crippen molar-refractivity contribution < 1.29 is 5.32 Å². The number of quaternary nitrogens is 1. The lowest BCUT2D eigenvalue weighted by Crippen LogP contribution is -2.72. The summed E-state index contributed by atoms with van der Waals surface area (Å²) in [5.41, 5.74) is 20.0. The number of nitrogens with zero attached hydrogens (tertiary/aromatic N) is 1. The van der Waals surface area contributed by atoms with E-state index < -0.39 is 0 Å². The number of alkyl halides is 1. The minimum atomic E-state index is 0.574. The highest BCUT2D eigenvalue weighted by molar-refractivity contribution is 6.15. The molecule has 0 aliphatic rings. The fraction of sp³-hybridized carbons (Fsp3) is 0.300. The highest BCUT2D eigenvalue weighted by Crippen LogP contribution is 2.18. The molecule has 0 saturated heterocycles. The van der Waals surface area contributed by atoms with E-state index in [4.69, 9.17) is 17.2 Å². The van der Waals surface area contributed by atoms with Crippen LogP contribution in [-0.2, 0) is 0 Å². The summed E-state index contributed by atoms with van der Waals surface area (Å²) in [5.74, 6) is 0. The zero-order chi connectivity index (χ0) is 21.1. The van der Waals surface area contributed by atoms with E-state index in [0.29, 0.717) is 6.67 Å². The number of hydrogen-bond donors (Lipinski definition) is 5. The van der Waals surface area contributed by atoms with Crippen LogP contribution in [-0.4, -0.2) is 32.0 Å². The molecule has 0 aliphatic heterocycles. The fourth-order valence-corrected chi connectivity index (χ4v) is 1.59. The van der Waals surface area contributed by atoms with Crippen molar-refractivity contribution in [1.29, 1.82) is 0 Å². The van der Waals surface area contributed by atoms with Crippen molar-refractivity contribution in [3.05, 3.63) is 60.9 Å². The number of benzene rings is 2. The van der Waals surface area contributed by atoms with Gasteiger partial charge in [0.1, 0.15) is 6.20 Å². The Kier molecular flexibility index (Phi) is 18.3. The van der Waals surface area contributed by atoms with Gasteiger partial charge in [-0.1, -0.05) is 13.8 Å². The number of hydrogen-bond acceptors (Lipinski definition) is 5. The average molecular weight is 396 g/mol. The lowest BCUT2D eigenvalue weighted by atomic mass is 10.2. The molecule has 6 nitrogen and oxygen atoms in total. The van der Waals surface area contributed by atoms with Gasteiger partial charge in [-0.15, -0.1) is 11.6 Å². The molecule has 27 heavy (non-hydrogen) atoms. The Hall–Kier alpha value is -2.41. The Morgan fingerprint density at radius 2 is 1.30 bits per heavy atom. The van der Waals surface area contributed by atoms with Gasteiger partial charge in [0.2, 0.25) is 0 Å². The third kappa shape index (κ3) is 14.4. The van der Waals surface area contributed by atoms with E-state index in [2.05, 4.69) is 16.9 Å². The molecule has 0 bridgehead atoms. The normalized spacial score (nSPS) is 9.00. The average Bonchev–Trinajstić information content (AvgIpc) is 2.73. The molecule has 0 aromatic heterocycles. The predicted molar refractivity (Wildman–Crippen MR) is 122 cm³/mol. The molecule has 9 N–H and O–H groups in total. The first-order chi connectivity index (χ1) is 13.0. The Morgan fingerprint density at radius 3 is 1.59 bits per heavy atom. The zero-order valence-corrected chi connectivity index (χ0v) is 17.9. The molecule has 0 fully saturated rings. The summed E-state index contributed by atoms with van der Waals surface area (Å²) in [7, 11) is 3.90. The molecule has 0 saturated carbocycles. The van der Waals surface area contributed by atoms with Crippen molar-refractivity contribution in [2.45, 2.75) is 13.8 Å². The molecule has 7 heteroatoms. The number of rotatable bonds is 5. The van der Waals surface area contributed by atoms with Gasteiger partial charge >= 0.3 is 0 Å². The monoisotopic (exact) mass is 395 g/mol. The van der Waals surface area contributed by atoms with Crippen LogP contribution in [0.3, 0.4) is 0 Å². The van der Waals surface area contributed by atoms with E-state index in [1.165, 1.54) is 6.38 Å². The zero-order valence-electron chi connectivity index (χ0n) is 17.1. The topological polar surface area (TPSA) is 110 Å². The Bertz CT molecular complexity index is 541. The molecule has 2 rings (SSSR count). The van der Waals surface area contributed by atoms with Crippen LogP contribution in [0.25, 0.3) is 0 Å². The fourth-order valence-electron chi connectivity index (χ4n) is 1.59. The predicted octanol–water partition coefficient (Wildman–Crippen LogP) is 2.97. The second-order valence-corrected chi connectivity index (χ2v) is 4.98. The first kappa shape index (κ1) is 26.8. The molecule has 0 heterocycles. The van der Waals surface area contributed by atoms with Crippen molar-refractivity contribution >= 4 is 34.4 Å². The molecule has 0 radical (unpaired) electrons. The Morgan fingerprint density at radius 1 is 0.926 bits per heavy atom. The van der Waals surface area contributed by atoms with Crippen LogP contribution in [0.5, 0.6) is 0 Å². The summed E-state index contributed by atoms with van der Waals surface area (Å²) < 4.78 is 0. The van der Waals surface area contributed by atoms with E-state index >= 15 is 0 Å². The van der Waals surface area contributed by atoms with Crippen LogP contribution in [0.1, 0.15) is 13.8 Å². The van der Waals surface area contributed by atoms with Crippen molar-refractivity contribution in [1.82, 2.24) is 4.90 Å². The molecule has 0 aliphatic carbocycles. The van der Waals surface area contributed by atoms with E-state index in [9.17, 15) is 0 Å². The van der Waals surface area contributed by atoms with Crippen molar-refractivity contribution in [3.8, 4) is 0 Å². The maximum absolute atomic E-state index is 5.60. The molecule has 152 valence electrons. The Labute approximate surface area is 169 Å². The molecule has 2 aromatic carbocycles. The summed E-state index contributed by atoms with van der Waals surface area (Å²) in [4.78, 5) is 1.90.